The molecule has 3 aromatic carbocycles. The summed E-state index contributed by atoms with van der Waals surface area (Å²) in [6, 6.07) is 18.2. The van der Waals surface area contributed by atoms with Crippen molar-refractivity contribution < 1.29 is 13.2 Å². The maximum absolute atomic E-state index is 13.1. The van der Waals surface area contributed by atoms with Crippen LogP contribution in [0.1, 0.15) is 57.6 Å². The number of aryl methyl sites for hydroxylation is 4. The maximum atomic E-state index is 13.1. The van der Waals surface area contributed by atoms with Crippen molar-refractivity contribution in [2.24, 2.45) is 0 Å². The zero-order valence-electron chi connectivity index (χ0n) is 18.6. The van der Waals surface area contributed by atoms with Gasteiger partial charge in [-0.25, -0.2) is 8.42 Å². The molecule has 4 rings (SSSR count). The molecule has 1 aliphatic rings. The second-order valence-electron chi connectivity index (χ2n) is 8.48. The van der Waals surface area contributed by atoms with Crippen LogP contribution in [0.4, 0.5) is 5.69 Å². The smallest absolute Gasteiger partial charge is 0.262 e. The van der Waals surface area contributed by atoms with Crippen LogP contribution in [-0.2, 0) is 22.9 Å². The van der Waals surface area contributed by atoms with Crippen LogP contribution in [-0.4, -0.2) is 14.3 Å². The standard InChI is InChI=1S/C26H28N2O3S/c1-17-7-4-5-10-24(17)28-32(30,31)25-16-23(12-11-18(25)2)26(29)27-19(3)21-14-13-20-8-6-9-22(20)15-21/h4-5,7,10-16,19,28H,6,8-9H2,1-3H3,(H,27,29)/t19-/m0/s1. The van der Waals surface area contributed by atoms with Crippen LogP contribution in [0.5, 0.6) is 0 Å². The molecule has 0 spiro atoms. The Hall–Kier alpha value is -3.12. The highest BCUT2D eigenvalue weighted by molar-refractivity contribution is 7.92. The Morgan fingerprint density at radius 3 is 2.44 bits per heavy atom. The molecule has 1 atom stereocenters. The predicted octanol–water partition coefficient (Wildman–Crippen LogP) is 5.08. The lowest BCUT2D eigenvalue weighted by atomic mass is 10.0. The number of rotatable bonds is 6. The van der Waals surface area contributed by atoms with Gasteiger partial charge in [0.05, 0.1) is 16.6 Å². The topological polar surface area (TPSA) is 75.3 Å². The van der Waals surface area contributed by atoms with Gasteiger partial charge in [-0.1, -0.05) is 42.5 Å². The van der Waals surface area contributed by atoms with Gasteiger partial charge in [0.15, 0.2) is 0 Å². The minimum atomic E-state index is -3.84. The lowest BCUT2D eigenvalue weighted by Gasteiger charge is -2.17. The Kier molecular flexibility index (Phi) is 6.07. The molecule has 166 valence electrons. The van der Waals surface area contributed by atoms with Gasteiger partial charge in [-0.05, 0) is 86.1 Å². The normalized spacial score (nSPS) is 14.0. The number of carbonyl (C=O) groups is 1. The molecule has 3 aromatic rings. The monoisotopic (exact) mass is 448 g/mol. The average molecular weight is 449 g/mol. The van der Waals surface area contributed by atoms with E-state index >= 15 is 0 Å². The van der Waals surface area contributed by atoms with Crippen molar-refractivity contribution in [3.63, 3.8) is 0 Å². The first-order valence-electron chi connectivity index (χ1n) is 10.9. The Bertz CT molecular complexity index is 1280. The van der Waals surface area contributed by atoms with E-state index in [0.717, 1.165) is 24.0 Å². The molecule has 0 radical (unpaired) electrons. The molecule has 0 aliphatic heterocycles. The molecule has 2 N–H and O–H groups in total. The minimum Gasteiger partial charge on any atom is -0.346 e. The molecule has 5 nitrogen and oxygen atoms in total. The van der Waals surface area contributed by atoms with Gasteiger partial charge in [0.2, 0.25) is 0 Å². The molecular weight excluding hydrogens is 420 g/mol. The summed E-state index contributed by atoms with van der Waals surface area (Å²) in [6.45, 7) is 5.51. The Labute approximate surface area is 189 Å². The third kappa shape index (κ3) is 4.55. The van der Waals surface area contributed by atoms with E-state index in [1.54, 1.807) is 31.2 Å². The fourth-order valence-corrected chi connectivity index (χ4v) is 5.54. The largest absolute Gasteiger partial charge is 0.346 e. The van der Waals surface area contributed by atoms with E-state index in [4.69, 9.17) is 0 Å². The van der Waals surface area contributed by atoms with Crippen molar-refractivity contribution in [2.75, 3.05) is 4.72 Å². The van der Waals surface area contributed by atoms with Gasteiger partial charge in [0, 0.05) is 5.56 Å². The zero-order chi connectivity index (χ0) is 22.9. The highest BCUT2D eigenvalue weighted by Gasteiger charge is 2.21. The van der Waals surface area contributed by atoms with E-state index in [0.29, 0.717) is 16.8 Å². The molecule has 0 aromatic heterocycles. The second-order valence-corrected chi connectivity index (χ2v) is 10.1. The predicted molar refractivity (Wildman–Crippen MR) is 128 cm³/mol. The molecule has 32 heavy (non-hydrogen) atoms. The van der Waals surface area contributed by atoms with Gasteiger partial charge in [-0.2, -0.15) is 0 Å². The Morgan fingerprint density at radius 1 is 0.906 bits per heavy atom. The average Bonchev–Trinajstić information content (AvgIpc) is 3.23. The molecule has 0 bridgehead atoms. The van der Waals surface area contributed by atoms with Crippen LogP contribution in [0.25, 0.3) is 0 Å². The van der Waals surface area contributed by atoms with E-state index in [9.17, 15) is 13.2 Å². The molecule has 0 unspecified atom stereocenters. The summed E-state index contributed by atoms with van der Waals surface area (Å²) in [6.07, 6.45) is 3.38. The molecule has 0 heterocycles. The summed E-state index contributed by atoms with van der Waals surface area (Å²) in [7, 11) is -3.84. The van der Waals surface area contributed by atoms with Crippen LogP contribution in [0.15, 0.2) is 65.6 Å². The first-order chi connectivity index (χ1) is 15.2. The number of carbonyl (C=O) groups excluding carboxylic acids is 1. The summed E-state index contributed by atoms with van der Waals surface area (Å²) in [4.78, 5) is 13.0. The van der Waals surface area contributed by atoms with Crippen LogP contribution < -0.4 is 10.0 Å². The van der Waals surface area contributed by atoms with E-state index in [2.05, 4.69) is 28.2 Å². The van der Waals surface area contributed by atoms with Gasteiger partial charge >= 0.3 is 0 Å². The van der Waals surface area contributed by atoms with Crippen LogP contribution in [0, 0.1) is 13.8 Å². The molecule has 0 saturated heterocycles. The Morgan fingerprint density at radius 2 is 1.66 bits per heavy atom. The first-order valence-corrected chi connectivity index (χ1v) is 12.3. The molecular formula is C26H28N2O3S. The first kappa shape index (κ1) is 22.1. The lowest BCUT2D eigenvalue weighted by Crippen LogP contribution is -2.27. The number of anilines is 1. The molecule has 0 fully saturated rings. The number of benzene rings is 3. The number of amides is 1. The third-order valence-electron chi connectivity index (χ3n) is 6.10. The molecule has 6 heteroatoms. The zero-order valence-corrected chi connectivity index (χ0v) is 19.4. The molecule has 0 saturated carbocycles. The van der Waals surface area contributed by atoms with E-state index in [-0.39, 0.29) is 16.8 Å². The SMILES string of the molecule is Cc1ccccc1NS(=O)(=O)c1cc(C(=O)N[C@@H](C)c2ccc3c(c2)CCC3)ccc1C. The van der Waals surface area contributed by atoms with Crippen molar-refractivity contribution in [3.8, 4) is 0 Å². The fourth-order valence-electron chi connectivity index (χ4n) is 4.14. The maximum Gasteiger partial charge on any atom is 0.262 e. The van der Waals surface area contributed by atoms with Crippen molar-refractivity contribution in [3.05, 3.63) is 94.0 Å². The third-order valence-corrected chi connectivity index (χ3v) is 7.61. The van der Waals surface area contributed by atoms with E-state index in [1.807, 2.05) is 26.0 Å². The fraction of sp³-hybridized carbons (Fsp3) is 0.269. The highest BCUT2D eigenvalue weighted by atomic mass is 32.2. The van der Waals surface area contributed by atoms with Crippen LogP contribution in [0.2, 0.25) is 0 Å². The lowest BCUT2D eigenvalue weighted by molar-refractivity contribution is 0.0939. The van der Waals surface area contributed by atoms with Crippen molar-refractivity contribution in [1.29, 1.82) is 0 Å². The molecule has 1 aliphatic carbocycles. The highest BCUT2D eigenvalue weighted by Crippen LogP contribution is 2.26. The van der Waals surface area contributed by atoms with Gasteiger partial charge in [0.25, 0.3) is 15.9 Å². The number of nitrogens with one attached hydrogen (secondary N) is 2. The van der Waals surface area contributed by atoms with Crippen molar-refractivity contribution in [2.45, 2.75) is 51.0 Å². The van der Waals surface area contributed by atoms with Crippen LogP contribution in [0.3, 0.4) is 0 Å². The summed E-state index contributed by atoms with van der Waals surface area (Å²) < 4.78 is 28.8. The van der Waals surface area contributed by atoms with Crippen molar-refractivity contribution in [1.82, 2.24) is 5.32 Å². The summed E-state index contributed by atoms with van der Waals surface area (Å²) >= 11 is 0. The number of para-hydroxylation sites is 1. The number of hydrogen-bond donors (Lipinski definition) is 2. The van der Waals surface area contributed by atoms with Gasteiger partial charge < -0.3 is 5.32 Å². The quantitative estimate of drug-likeness (QED) is 0.552. The van der Waals surface area contributed by atoms with E-state index < -0.39 is 10.0 Å². The minimum absolute atomic E-state index is 0.0959. The summed E-state index contributed by atoms with van der Waals surface area (Å²) in [5.74, 6) is -0.301. The van der Waals surface area contributed by atoms with Gasteiger partial charge in [-0.3, -0.25) is 9.52 Å². The number of hydrogen-bond acceptors (Lipinski definition) is 3. The molecule has 1 amide bonds. The van der Waals surface area contributed by atoms with Crippen LogP contribution >= 0.6 is 0 Å². The Balaban J connectivity index is 1.55. The number of fused-ring (bicyclic) bond motifs is 1. The number of sulfonamides is 1. The summed E-state index contributed by atoms with van der Waals surface area (Å²) in [5, 5.41) is 3.01. The van der Waals surface area contributed by atoms with E-state index in [1.165, 1.54) is 23.6 Å². The summed E-state index contributed by atoms with van der Waals surface area (Å²) in [5.41, 5.74) is 6.04. The second kappa shape index (κ2) is 8.79. The van der Waals surface area contributed by atoms with Gasteiger partial charge in [0.1, 0.15) is 0 Å². The van der Waals surface area contributed by atoms with Crippen molar-refractivity contribution >= 4 is 21.6 Å². The van der Waals surface area contributed by atoms with Gasteiger partial charge in [-0.15, -0.1) is 0 Å².